The smallest absolute Gasteiger partial charge is 0.399 e. The summed E-state index contributed by atoms with van der Waals surface area (Å²) >= 11 is 0. The van der Waals surface area contributed by atoms with Gasteiger partial charge in [0.25, 0.3) is 5.91 Å². The van der Waals surface area contributed by atoms with Crippen LogP contribution in [-0.4, -0.2) is 42.4 Å². The van der Waals surface area contributed by atoms with Gasteiger partial charge in [0.1, 0.15) is 11.4 Å². The Morgan fingerprint density at radius 3 is 2.15 bits per heavy atom. The van der Waals surface area contributed by atoms with Crippen LogP contribution in [0.2, 0.25) is 0 Å². The second-order valence-corrected chi connectivity index (χ2v) is 13.3. The molecular weight excluding hydrogens is 624 g/mol. The van der Waals surface area contributed by atoms with E-state index >= 15 is 0 Å². The number of hydrogen-bond donors (Lipinski definition) is 4. The fourth-order valence-corrected chi connectivity index (χ4v) is 7.22. The van der Waals surface area contributed by atoms with Gasteiger partial charge in [-0.3, -0.25) is 4.79 Å². The summed E-state index contributed by atoms with van der Waals surface area (Å²) in [6, 6.07) is 21.6. The lowest BCUT2D eigenvalue weighted by Crippen LogP contribution is -2.54. The molecule has 6 N–H and O–H groups in total. The van der Waals surface area contributed by atoms with E-state index in [2.05, 4.69) is 5.32 Å². The Labute approximate surface area is 263 Å². The molecule has 1 amide bonds. The van der Waals surface area contributed by atoms with Gasteiger partial charge in [-0.2, -0.15) is 17.5 Å². The summed E-state index contributed by atoms with van der Waals surface area (Å²) in [5, 5.41) is 14.6. The second kappa shape index (κ2) is 12.7. The number of nitrogens with two attached hydrogens (primary N) is 2. The molecular formula is C33H32F4N4O4S. The number of carbonyl (C=O) groups is 1. The van der Waals surface area contributed by atoms with Gasteiger partial charge in [0.05, 0.1) is 10.5 Å². The maximum atomic E-state index is 13.9. The Morgan fingerprint density at radius 2 is 1.52 bits per heavy atom. The summed E-state index contributed by atoms with van der Waals surface area (Å²) in [5.74, 6) is -2.31. The van der Waals surface area contributed by atoms with Crippen molar-refractivity contribution >= 4 is 33.0 Å². The molecule has 1 aliphatic rings. The molecule has 4 aromatic carbocycles. The number of halogens is 4. The van der Waals surface area contributed by atoms with Gasteiger partial charge in [0.15, 0.2) is 0 Å². The van der Waals surface area contributed by atoms with Crippen LogP contribution in [0.3, 0.4) is 0 Å². The summed E-state index contributed by atoms with van der Waals surface area (Å²) in [7, 11) is -3.98. The number of alkyl halides is 3. The lowest BCUT2D eigenvalue weighted by Gasteiger charge is -2.40. The van der Waals surface area contributed by atoms with Crippen molar-refractivity contribution in [3.8, 4) is 11.1 Å². The van der Waals surface area contributed by atoms with E-state index in [0.717, 1.165) is 41.5 Å². The van der Waals surface area contributed by atoms with Crippen LogP contribution < -0.4 is 16.8 Å². The molecule has 0 radical (unpaired) electrons. The van der Waals surface area contributed by atoms with Gasteiger partial charge in [0.2, 0.25) is 10.0 Å². The number of piperidine rings is 1. The van der Waals surface area contributed by atoms with E-state index in [-0.39, 0.29) is 42.9 Å². The molecule has 1 fully saturated rings. The third-order valence-corrected chi connectivity index (χ3v) is 10.1. The summed E-state index contributed by atoms with van der Waals surface area (Å²) in [6.45, 7) is -0.104. The molecule has 242 valence electrons. The standard InChI is InChI=1S/C33H32F4N4O4S/c34-25-7-10-28(11-8-25)46(44,45)41-15-13-24(14-16-41)32(43,31(42)40-27-9-12-30(39)29(19-27)33(35,36)37)20-21-3-1-4-22(17-21)23-5-2-6-26(38)18-23/h1-12,17-19,24,43H,13-16,20,38-39H2,(H,40,42). The number of carbonyl (C=O) groups excluding carboxylic acids is 1. The van der Waals surface area contributed by atoms with Crippen LogP contribution in [0.5, 0.6) is 0 Å². The molecule has 1 heterocycles. The maximum absolute atomic E-state index is 13.9. The largest absolute Gasteiger partial charge is 0.418 e. The summed E-state index contributed by atoms with van der Waals surface area (Å²) in [4.78, 5) is 13.8. The molecule has 13 heteroatoms. The zero-order chi connectivity index (χ0) is 33.3. The molecule has 8 nitrogen and oxygen atoms in total. The van der Waals surface area contributed by atoms with Crippen LogP contribution in [0.25, 0.3) is 11.1 Å². The summed E-state index contributed by atoms with van der Waals surface area (Å²) < 4.78 is 81.6. The zero-order valence-corrected chi connectivity index (χ0v) is 25.3. The Balaban J connectivity index is 1.45. The number of benzene rings is 4. The van der Waals surface area contributed by atoms with Crippen molar-refractivity contribution in [1.29, 1.82) is 0 Å². The molecule has 0 saturated carbocycles. The van der Waals surface area contributed by atoms with E-state index in [0.29, 0.717) is 17.3 Å². The molecule has 0 aromatic heterocycles. The molecule has 0 bridgehead atoms. The highest BCUT2D eigenvalue weighted by atomic mass is 32.2. The molecule has 1 unspecified atom stereocenters. The first-order valence-corrected chi connectivity index (χ1v) is 15.8. The quantitative estimate of drug-likeness (QED) is 0.142. The van der Waals surface area contributed by atoms with E-state index < -0.39 is 50.7 Å². The summed E-state index contributed by atoms with van der Waals surface area (Å²) in [6.07, 6.45) is -4.86. The van der Waals surface area contributed by atoms with Gasteiger partial charge in [-0.1, -0.05) is 36.4 Å². The van der Waals surface area contributed by atoms with Gasteiger partial charge in [-0.05, 0) is 90.0 Å². The van der Waals surface area contributed by atoms with E-state index in [1.54, 1.807) is 36.4 Å². The van der Waals surface area contributed by atoms with Crippen molar-refractivity contribution in [2.24, 2.45) is 5.92 Å². The highest BCUT2D eigenvalue weighted by Crippen LogP contribution is 2.38. The van der Waals surface area contributed by atoms with Crippen molar-refractivity contribution in [3.63, 3.8) is 0 Å². The van der Waals surface area contributed by atoms with Crippen LogP contribution in [0.4, 0.5) is 34.6 Å². The number of sulfonamides is 1. The van der Waals surface area contributed by atoms with Crippen molar-refractivity contribution in [2.75, 3.05) is 29.9 Å². The van der Waals surface area contributed by atoms with Crippen LogP contribution >= 0.6 is 0 Å². The Hall–Kier alpha value is -4.46. The number of anilines is 3. The molecule has 1 aliphatic heterocycles. The lowest BCUT2D eigenvalue weighted by molar-refractivity contribution is -0.142. The predicted molar refractivity (Wildman–Crippen MR) is 167 cm³/mol. The van der Waals surface area contributed by atoms with Crippen molar-refractivity contribution in [1.82, 2.24) is 4.31 Å². The first kappa shape index (κ1) is 32.9. The molecule has 0 spiro atoms. The number of nitrogen functional groups attached to an aromatic ring is 2. The van der Waals surface area contributed by atoms with Crippen LogP contribution in [0, 0.1) is 11.7 Å². The molecule has 4 aromatic rings. The SMILES string of the molecule is Nc1cccc(-c2cccc(CC(O)(C(=O)Nc3ccc(N)c(C(F)(F)F)c3)C3CCN(S(=O)(=O)c4ccc(F)cc4)CC3)c2)c1. The van der Waals surface area contributed by atoms with Crippen LogP contribution in [-0.2, 0) is 27.4 Å². The van der Waals surface area contributed by atoms with Gasteiger partial charge in [-0.15, -0.1) is 0 Å². The second-order valence-electron chi connectivity index (χ2n) is 11.3. The number of hydrogen-bond acceptors (Lipinski definition) is 6. The molecule has 0 aliphatic carbocycles. The lowest BCUT2D eigenvalue weighted by atomic mass is 9.76. The van der Waals surface area contributed by atoms with E-state index in [4.69, 9.17) is 11.5 Å². The predicted octanol–water partition coefficient (Wildman–Crippen LogP) is 5.69. The first-order chi connectivity index (χ1) is 21.7. The highest BCUT2D eigenvalue weighted by Gasteiger charge is 2.46. The fraction of sp³-hybridized carbons (Fsp3) is 0.242. The minimum atomic E-state index is -4.77. The minimum Gasteiger partial charge on any atom is -0.399 e. The topological polar surface area (TPSA) is 139 Å². The van der Waals surface area contributed by atoms with Crippen molar-refractivity contribution in [3.05, 3.63) is 108 Å². The fourth-order valence-electron chi connectivity index (χ4n) is 5.75. The monoisotopic (exact) mass is 656 g/mol. The Morgan fingerprint density at radius 1 is 0.891 bits per heavy atom. The number of rotatable bonds is 8. The van der Waals surface area contributed by atoms with Crippen molar-refractivity contribution < 1.29 is 35.9 Å². The number of amides is 1. The van der Waals surface area contributed by atoms with Gasteiger partial charge in [0, 0.05) is 36.6 Å². The molecule has 1 atom stereocenters. The Kier molecular flexibility index (Phi) is 9.12. The highest BCUT2D eigenvalue weighted by molar-refractivity contribution is 7.89. The third kappa shape index (κ3) is 7.01. The number of nitrogens with zero attached hydrogens (tertiary/aromatic N) is 1. The van der Waals surface area contributed by atoms with E-state index in [1.165, 1.54) is 10.4 Å². The van der Waals surface area contributed by atoms with E-state index in [1.807, 2.05) is 12.1 Å². The van der Waals surface area contributed by atoms with E-state index in [9.17, 15) is 35.9 Å². The summed E-state index contributed by atoms with van der Waals surface area (Å²) in [5.41, 5.74) is 10.1. The van der Waals surface area contributed by atoms with Gasteiger partial charge >= 0.3 is 6.18 Å². The Bertz CT molecular complexity index is 1840. The third-order valence-electron chi connectivity index (χ3n) is 8.21. The van der Waals surface area contributed by atoms with Crippen molar-refractivity contribution in [2.45, 2.75) is 35.9 Å². The zero-order valence-electron chi connectivity index (χ0n) is 24.5. The molecule has 46 heavy (non-hydrogen) atoms. The normalized spacial score (nSPS) is 16.1. The average molecular weight is 657 g/mol. The van der Waals surface area contributed by atoms with Gasteiger partial charge in [-0.25, -0.2) is 12.8 Å². The number of nitrogens with one attached hydrogen (secondary N) is 1. The van der Waals surface area contributed by atoms with Crippen LogP contribution in [0.1, 0.15) is 24.0 Å². The van der Waals surface area contributed by atoms with Gasteiger partial charge < -0.3 is 21.9 Å². The maximum Gasteiger partial charge on any atom is 0.418 e. The molecule has 5 rings (SSSR count). The minimum absolute atomic E-state index is 0.0522. The number of aliphatic hydroxyl groups is 1. The average Bonchev–Trinajstić information content (AvgIpc) is 3.02. The molecule has 1 saturated heterocycles. The van der Waals surface area contributed by atoms with Crippen LogP contribution in [0.15, 0.2) is 95.9 Å². The first-order valence-electron chi connectivity index (χ1n) is 14.4.